The van der Waals surface area contributed by atoms with Crippen molar-refractivity contribution in [1.82, 2.24) is 5.32 Å². The Kier molecular flexibility index (Phi) is 4.78. The second-order valence-corrected chi connectivity index (χ2v) is 6.03. The molecule has 3 N–H and O–H groups in total. The van der Waals surface area contributed by atoms with Crippen LogP contribution in [0.25, 0.3) is 0 Å². The van der Waals surface area contributed by atoms with Crippen LogP contribution in [0.2, 0.25) is 0 Å². The molecule has 0 saturated heterocycles. The zero-order valence-corrected chi connectivity index (χ0v) is 11.5. The van der Waals surface area contributed by atoms with Gasteiger partial charge in [-0.15, -0.1) is 0 Å². The second-order valence-electron chi connectivity index (χ2n) is 4.89. The molecule has 2 rings (SSSR count). The lowest BCUT2D eigenvalue weighted by Crippen LogP contribution is -2.34. The molecule has 2 unspecified atom stereocenters. The smallest absolute Gasteiger partial charge is 0.161 e. The lowest BCUT2D eigenvalue weighted by molar-refractivity contribution is 0.369. The molecule has 4 heteroatoms. The highest BCUT2D eigenvalue weighted by molar-refractivity contribution is 7.99. The third-order valence-corrected chi connectivity index (χ3v) is 4.73. The molecule has 0 aromatic heterocycles. The van der Waals surface area contributed by atoms with Crippen LogP contribution in [0, 0.1) is 0 Å². The van der Waals surface area contributed by atoms with Gasteiger partial charge in [0.15, 0.2) is 11.5 Å². The monoisotopic (exact) mass is 267 g/mol. The molecule has 0 spiro atoms. The summed E-state index contributed by atoms with van der Waals surface area (Å²) in [6.45, 7) is 0.617. The SMILES string of the molecule is CSC1CCCC(NCc2cccc(O)c2O)C1. The summed E-state index contributed by atoms with van der Waals surface area (Å²) in [6.07, 6.45) is 7.16. The van der Waals surface area contributed by atoms with Gasteiger partial charge in [0.1, 0.15) is 0 Å². The third-order valence-electron chi connectivity index (χ3n) is 3.64. The van der Waals surface area contributed by atoms with Crippen LogP contribution in [-0.4, -0.2) is 27.8 Å². The van der Waals surface area contributed by atoms with Gasteiger partial charge in [-0.25, -0.2) is 0 Å². The van der Waals surface area contributed by atoms with Crippen molar-refractivity contribution < 1.29 is 10.2 Å². The summed E-state index contributed by atoms with van der Waals surface area (Å²) in [4.78, 5) is 0. The topological polar surface area (TPSA) is 52.5 Å². The molecule has 1 saturated carbocycles. The molecule has 1 aliphatic rings. The van der Waals surface area contributed by atoms with Gasteiger partial charge in [0.05, 0.1) is 0 Å². The van der Waals surface area contributed by atoms with Crippen molar-refractivity contribution in [3.63, 3.8) is 0 Å². The molecule has 0 bridgehead atoms. The minimum Gasteiger partial charge on any atom is -0.504 e. The lowest BCUT2D eigenvalue weighted by atomic mass is 9.95. The first-order valence-electron chi connectivity index (χ1n) is 6.46. The molecule has 100 valence electrons. The van der Waals surface area contributed by atoms with E-state index in [0.717, 1.165) is 10.8 Å². The van der Waals surface area contributed by atoms with Crippen LogP contribution in [0.5, 0.6) is 11.5 Å². The van der Waals surface area contributed by atoms with E-state index in [0.29, 0.717) is 12.6 Å². The normalized spacial score (nSPS) is 24.1. The molecule has 0 radical (unpaired) electrons. The second kappa shape index (κ2) is 6.34. The molecule has 1 aromatic carbocycles. The van der Waals surface area contributed by atoms with Gasteiger partial charge in [0.2, 0.25) is 0 Å². The van der Waals surface area contributed by atoms with E-state index in [-0.39, 0.29) is 11.5 Å². The molecule has 0 aliphatic heterocycles. The van der Waals surface area contributed by atoms with E-state index < -0.39 is 0 Å². The summed E-state index contributed by atoms with van der Waals surface area (Å²) in [7, 11) is 0. The zero-order chi connectivity index (χ0) is 13.0. The lowest BCUT2D eigenvalue weighted by Gasteiger charge is -2.28. The Morgan fingerprint density at radius 2 is 2.17 bits per heavy atom. The van der Waals surface area contributed by atoms with Crippen LogP contribution < -0.4 is 5.32 Å². The van der Waals surface area contributed by atoms with Crippen molar-refractivity contribution in [1.29, 1.82) is 0 Å². The maximum atomic E-state index is 9.73. The molecule has 1 aliphatic carbocycles. The van der Waals surface area contributed by atoms with Gasteiger partial charge in [-0.05, 0) is 31.6 Å². The first kappa shape index (κ1) is 13.6. The number of thioether (sulfide) groups is 1. The Morgan fingerprint density at radius 3 is 2.94 bits per heavy atom. The Hall–Kier alpha value is -0.870. The van der Waals surface area contributed by atoms with Crippen molar-refractivity contribution in [3.8, 4) is 11.5 Å². The zero-order valence-electron chi connectivity index (χ0n) is 10.7. The van der Waals surface area contributed by atoms with Crippen LogP contribution in [0.4, 0.5) is 0 Å². The third kappa shape index (κ3) is 3.33. The molecule has 3 nitrogen and oxygen atoms in total. The molecule has 1 fully saturated rings. The van der Waals surface area contributed by atoms with Gasteiger partial charge in [0.25, 0.3) is 0 Å². The standard InChI is InChI=1S/C14H21NO2S/c1-18-12-6-3-5-11(8-12)15-9-10-4-2-7-13(16)14(10)17/h2,4,7,11-12,15-17H,3,5-6,8-9H2,1H3. The summed E-state index contributed by atoms with van der Waals surface area (Å²) < 4.78 is 0. The van der Waals surface area contributed by atoms with Gasteiger partial charge in [-0.3, -0.25) is 0 Å². The summed E-state index contributed by atoms with van der Waals surface area (Å²) in [5.74, 6) is -0.0397. The average Bonchev–Trinajstić information content (AvgIpc) is 2.41. The van der Waals surface area contributed by atoms with Gasteiger partial charge in [-0.2, -0.15) is 11.8 Å². The predicted octanol–water partition coefficient (Wildman–Crippen LogP) is 2.86. The summed E-state index contributed by atoms with van der Waals surface area (Å²) in [5.41, 5.74) is 0.765. The van der Waals surface area contributed by atoms with Crippen molar-refractivity contribution in [2.24, 2.45) is 0 Å². The molecule has 18 heavy (non-hydrogen) atoms. The van der Waals surface area contributed by atoms with Gasteiger partial charge in [-0.1, -0.05) is 18.6 Å². The predicted molar refractivity (Wildman–Crippen MR) is 76.2 cm³/mol. The maximum absolute atomic E-state index is 9.73. The molecular formula is C14H21NO2S. The summed E-state index contributed by atoms with van der Waals surface area (Å²) in [6, 6.07) is 5.63. The van der Waals surface area contributed by atoms with Crippen LogP contribution in [0.15, 0.2) is 18.2 Å². The summed E-state index contributed by atoms with van der Waals surface area (Å²) >= 11 is 1.95. The fraction of sp³-hybridized carbons (Fsp3) is 0.571. The van der Waals surface area contributed by atoms with E-state index in [2.05, 4.69) is 11.6 Å². The highest BCUT2D eigenvalue weighted by Gasteiger charge is 2.21. The van der Waals surface area contributed by atoms with Gasteiger partial charge < -0.3 is 15.5 Å². The maximum Gasteiger partial charge on any atom is 0.161 e. The number of phenolic OH excluding ortho intramolecular Hbond substituents is 2. The molecule has 2 atom stereocenters. The van der Waals surface area contributed by atoms with Crippen molar-refractivity contribution in [2.45, 2.75) is 43.5 Å². The highest BCUT2D eigenvalue weighted by Crippen LogP contribution is 2.30. The number of para-hydroxylation sites is 1. The van der Waals surface area contributed by atoms with E-state index in [9.17, 15) is 10.2 Å². The fourth-order valence-corrected chi connectivity index (χ4v) is 3.35. The highest BCUT2D eigenvalue weighted by atomic mass is 32.2. The van der Waals surface area contributed by atoms with Crippen LogP contribution in [0.3, 0.4) is 0 Å². The average molecular weight is 267 g/mol. The van der Waals surface area contributed by atoms with Crippen molar-refractivity contribution in [2.75, 3.05) is 6.26 Å². The number of hydrogen-bond acceptors (Lipinski definition) is 4. The van der Waals surface area contributed by atoms with Crippen molar-refractivity contribution in [3.05, 3.63) is 23.8 Å². The van der Waals surface area contributed by atoms with Crippen LogP contribution >= 0.6 is 11.8 Å². The Bertz CT molecular complexity index is 397. The van der Waals surface area contributed by atoms with E-state index in [1.54, 1.807) is 6.07 Å². The van der Waals surface area contributed by atoms with E-state index in [1.165, 1.54) is 31.7 Å². The minimum atomic E-state index is -0.0417. The number of aromatic hydroxyl groups is 2. The largest absolute Gasteiger partial charge is 0.504 e. The van der Waals surface area contributed by atoms with E-state index in [4.69, 9.17) is 0 Å². The molecular weight excluding hydrogens is 246 g/mol. The first-order valence-corrected chi connectivity index (χ1v) is 7.75. The van der Waals surface area contributed by atoms with E-state index in [1.807, 2.05) is 17.8 Å². The number of benzene rings is 1. The van der Waals surface area contributed by atoms with E-state index >= 15 is 0 Å². The van der Waals surface area contributed by atoms with Gasteiger partial charge >= 0.3 is 0 Å². The Balaban J connectivity index is 1.89. The minimum absolute atomic E-state index is 0.00206. The molecule has 0 heterocycles. The first-order chi connectivity index (χ1) is 8.70. The number of hydrogen-bond donors (Lipinski definition) is 3. The summed E-state index contributed by atoms with van der Waals surface area (Å²) in [5, 5.41) is 23.4. The fourth-order valence-electron chi connectivity index (χ4n) is 2.52. The Morgan fingerprint density at radius 1 is 1.33 bits per heavy atom. The van der Waals surface area contributed by atoms with Crippen LogP contribution in [0.1, 0.15) is 31.2 Å². The molecule has 0 amide bonds. The number of rotatable bonds is 4. The Labute approximate surface area is 113 Å². The van der Waals surface area contributed by atoms with Crippen LogP contribution in [-0.2, 0) is 6.54 Å². The number of nitrogens with one attached hydrogen (secondary N) is 1. The molecule has 1 aromatic rings. The number of phenols is 2. The quantitative estimate of drug-likeness (QED) is 0.734. The van der Waals surface area contributed by atoms with Gasteiger partial charge in [0, 0.05) is 23.4 Å². The van der Waals surface area contributed by atoms with Crippen molar-refractivity contribution >= 4 is 11.8 Å².